The molecule has 0 spiro atoms. The average molecular weight is 398 g/mol. The zero-order valence-electron chi connectivity index (χ0n) is 18.0. The number of nitrogens with zero attached hydrogens (tertiary/aromatic N) is 3. The molecule has 0 fully saturated rings. The van der Waals surface area contributed by atoms with Gasteiger partial charge in [0.1, 0.15) is 5.76 Å². The van der Waals surface area contributed by atoms with Crippen LogP contribution in [0.1, 0.15) is 54.0 Å². The second kappa shape index (κ2) is 32.1. The summed E-state index contributed by atoms with van der Waals surface area (Å²) in [5.41, 5.74) is 0.866. The molecule has 0 aliphatic heterocycles. The summed E-state index contributed by atoms with van der Waals surface area (Å²) in [6, 6.07) is 9.46. The molecule has 1 N–H and O–H groups in total. The minimum Gasteiger partial charge on any atom is -0.663 e. The maximum absolute atomic E-state index is 9.19. The molecule has 0 aliphatic rings. The Hall–Kier alpha value is -0.646. The third-order valence-corrected chi connectivity index (χ3v) is 2.68. The summed E-state index contributed by atoms with van der Waals surface area (Å²) in [5, 5.41) is 21.1. The van der Waals surface area contributed by atoms with Gasteiger partial charge >= 0.3 is 21.7 Å². The molecule has 0 aromatic heterocycles. The van der Waals surface area contributed by atoms with Crippen LogP contribution in [0.2, 0.25) is 0 Å². The Labute approximate surface area is 178 Å². The van der Waals surface area contributed by atoms with Crippen molar-refractivity contribution in [3.63, 3.8) is 0 Å². The Morgan fingerprint density at radius 3 is 1.23 bits per heavy atom. The molecule has 1 radical (unpaired) electrons. The van der Waals surface area contributed by atoms with Gasteiger partial charge in [0, 0.05) is 5.56 Å². The molecule has 0 unspecified atom stereocenters. The van der Waals surface area contributed by atoms with Crippen molar-refractivity contribution in [2.45, 2.75) is 48.5 Å². The summed E-state index contributed by atoms with van der Waals surface area (Å²) in [5.74, 6) is 0.334. The third kappa shape index (κ3) is 31.2. The minimum absolute atomic E-state index is 0. The summed E-state index contributed by atoms with van der Waals surface area (Å²) in [7, 11) is 0. The molecule has 4 nitrogen and oxygen atoms in total. The molecule has 0 amide bonds. The maximum atomic E-state index is 9.19. The quantitative estimate of drug-likeness (QED) is 0.398. The first-order valence-corrected chi connectivity index (χ1v) is 9.39. The van der Waals surface area contributed by atoms with Gasteiger partial charge in [-0.3, -0.25) is 0 Å². The molecule has 1 aromatic rings. The van der Waals surface area contributed by atoms with Gasteiger partial charge in [-0.2, -0.15) is 39.3 Å². The molecule has 0 saturated carbocycles. The molecule has 149 valence electrons. The van der Waals surface area contributed by atoms with Gasteiger partial charge in [-0.15, -0.1) is 0 Å². The summed E-state index contributed by atoms with van der Waals surface area (Å²) in [6.07, 6.45) is 1.68. The van der Waals surface area contributed by atoms with E-state index in [-0.39, 0.29) is 21.7 Å². The van der Waals surface area contributed by atoms with Crippen LogP contribution in [0.5, 0.6) is 0 Å². The second-order valence-electron chi connectivity index (χ2n) is 4.61. The van der Waals surface area contributed by atoms with E-state index in [4.69, 9.17) is 0 Å². The van der Waals surface area contributed by atoms with Crippen molar-refractivity contribution < 1.29 is 26.8 Å². The van der Waals surface area contributed by atoms with E-state index in [2.05, 4.69) is 16.0 Å². The van der Waals surface area contributed by atoms with Crippen LogP contribution in [0.4, 0.5) is 0 Å². The molecular weight excluding hydrogens is 358 g/mol. The first kappa shape index (κ1) is 33.0. The topological polar surface area (TPSA) is 62.5 Å². The standard InChI is InChI=1S/C9H10O.3C4H10N.Ti/c1-2-9(10)8-6-4-3-5-7-8;3*1-3-5-4-2;/h2-7,10H,1H3;3*3-4H2,1-2H3;/q;3*-1;+3/b9-2-;;;;. The Morgan fingerprint density at radius 2 is 1.04 bits per heavy atom. The molecule has 0 saturated heterocycles. The van der Waals surface area contributed by atoms with Gasteiger partial charge in [0.25, 0.3) is 0 Å². The van der Waals surface area contributed by atoms with E-state index in [1.54, 1.807) is 6.08 Å². The van der Waals surface area contributed by atoms with Gasteiger partial charge < -0.3 is 21.1 Å². The Balaban J connectivity index is -0.000000132. The molecular formula is C21H40N3OTi. The summed E-state index contributed by atoms with van der Waals surface area (Å²) in [4.78, 5) is 0. The fourth-order valence-electron chi connectivity index (χ4n) is 1.45. The van der Waals surface area contributed by atoms with E-state index < -0.39 is 0 Å². The van der Waals surface area contributed by atoms with Crippen molar-refractivity contribution in [3.05, 3.63) is 57.9 Å². The van der Waals surface area contributed by atoms with Crippen LogP contribution in [-0.2, 0) is 21.7 Å². The molecule has 0 aliphatic carbocycles. The number of aliphatic hydroxyl groups excluding tert-OH is 1. The second-order valence-corrected chi connectivity index (χ2v) is 4.61. The number of hydrogen-bond acceptors (Lipinski definition) is 1. The SMILES string of the molecule is C/C=C(\O)c1ccccc1.CC[N-]CC.CC[N-]CC.CC[N-]CC.[Ti+3]. The molecule has 0 atom stereocenters. The van der Waals surface area contributed by atoms with Crippen LogP contribution < -0.4 is 0 Å². The summed E-state index contributed by atoms with van der Waals surface area (Å²) < 4.78 is 0. The fraction of sp³-hybridized carbons (Fsp3) is 0.619. The molecule has 0 bridgehead atoms. The van der Waals surface area contributed by atoms with E-state index in [0.717, 1.165) is 44.8 Å². The molecule has 1 rings (SSSR count). The zero-order chi connectivity index (χ0) is 19.8. The van der Waals surface area contributed by atoms with E-state index in [1.807, 2.05) is 78.8 Å². The number of aliphatic hydroxyl groups is 1. The number of benzene rings is 1. The van der Waals surface area contributed by atoms with Crippen molar-refractivity contribution in [3.8, 4) is 0 Å². The number of allylic oxidation sites excluding steroid dienone is 1. The summed E-state index contributed by atoms with van der Waals surface area (Å²) in [6.45, 7) is 19.9. The fourth-order valence-corrected chi connectivity index (χ4v) is 1.45. The minimum atomic E-state index is 0. The van der Waals surface area contributed by atoms with Gasteiger partial charge in [-0.1, -0.05) is 71.9 Å². The molecule has 26 heavy (non-hydrogen) atoms. The molecule has 5 heteroatoms. The largest absolute Gasteiger partial charge is 3.00 e. The Morgan fingerprint density at radius 1 is 0.731 bits per heavy atom. The van der Waals surface area contributed by atoms with Gasteiger partial charge in [-0.25, -0.2) is 0 Å². The van der Waals surface area contributed by atoms with Crippen LogP contribution in [-0.4, -0.2) is 44.4 Å². The Kier molecular flexibility index (Phi) is 40.7. The van der Waals surface area contributed by atoms with E-state index in [0.29, 0.717) is 5.76 Å². The predicted molar refractivity (Wildman–Crippen MR) is 116 cm³/mol. The summed E-state index contributed by atoms with van der Waals surface area (Å²) >= 11 is 0. The zero-order valence-corrected chi connectivity index (χ0v) is 19.6. The van der Waals surface area contributed by atoms with Crippen molar-refractivity contribution in [2.75, 3.05) is 39.3 Å². The number of hydrogen-bond donors (Lipinski definition) is 1. The van der Waals surface area contributed by atoms with Gasteiger partial charge in [-0.05, 0) is 13.0 Å². The average Bonchev–Trinajstić information content (AvgIpc) is 2.65. The van der Waals surface area contributed by atoms with Crippen LogP contribution in [0.15, 0.2) is 36.4 Å². The van der Waals surface area contributed by atoms with Crippen molar-refractivity contribution >= 4 is 5.76 Å². The normalized spacial score (nSPS) is 9.27. The van der Waals surface area contributed by atoms with Gasteiger partial charge in [0.2, 0.25) is 0 Å². The van der Waals surface area contributed by atoms with Crippen LogP contribution in [0, 0.1) is 0 Å². The van der Waals surface area contributed by atoms with Crippen LogP contribution >= 0.6 is 0 Å². The molecule has 1 aromatic carbocycles. The van der Waals surface area contributed by atoms with Gasteiger partial charge in [0.15, 0.2) is 0 Å². The van der Waals surface area contributed by atoms with Crippen molar-refractivity contribution in [1.29, 1.82) is 0 Å². The number of rotatable bonds is 7. The monoisotopic (exact) mass is 398 g/mol. The van der Waals surface area contributed by atoms with Gasteiger partial charge in [0.05, 0.1) is 0 Å². The predicted octanol–water partition coefficient (Wildman–Crippen LogP) is 6.80. The smallest absolute Gasteiger partial charge is 0.663 e. The van der Waals surface area contributed by atoms with E-state index >= 15 is 0 Å². The first-order chi connectivity index (χ1) is 12.1. The van der Waals surface area contributed by atoms with Crippen molar-refractivity contribution in [1.82, 2.24) is 0 Å². The van der Waals surface area contributed by atoms with E-state index in [1.165, 1.54) is 0 Å². The molecule has 0 heterocycles. The third-order valence-electron chi connectivity index (χ3n) is 2.68. The van der Waals surface area contributed by atoms with Crippen LogP contribution in [0.3, 0.4) is 0 Å². The first-order valence-electron chi connectivity index (χ1n) is 9.39. The van der Waals surface area contributed by atoms with Crippen LogP contribution in [0.25, 0.3) is 21.7 Å². The van der Waals surface area contributed by atoms with Crippen molar-refractivity contribution in [2.24, 2.45) is 0 Å². The Bertz CT molecular complexity index is 339. The maximum Gasteiger partial charge on any atom is 3.00 e. The van der Waals surface area contributed by atoms with E-state index in [9.17, 15) is 5.11 Å².